The number of halogens is 1. The first-order valence-electron chi connectivity index (χ1n) is 13.6. The SMILES string of the molecule is Cc1cccc(-c2nc(C(=O)NCCCN3CCN(c4cccc(C)c4C)CC3)cn2-c2ccccc2Cl)c1. The van der Waals surface area contributed by atoms with Crippen LogP contribution in [-0.2, 0) is 0 Å². The number of piperazine rings is 1. The molecule has 0 bridgehead atoms. The van der Waals surface area contributed by atoms with E-state index in [1.54, 1.807) is 6.20 Å². The number of nitrogens with zero attached hydrogens (tertiary/aromatic N) is 4. The molecule has 1 aliphatic heterocycles. The second kappa shape index (κ2) is 12.1. The van der Waals surface area contributed by atoms with Gasteiger partial charge in [-0.3, -0.25) is 14.3 Å². The van der Waals surface area contributed by atoms with Gasteiger partial charge in [-0.15, -0.1) is 0 Å². The molecule has 2 heterocycles. The molecule has 7 heteroatoms. The molecule has 39 heavy (non-hydrogen) atoms. The van der Waals surface area contributed by atoms with Crippen LogP contribution in [0.2, 0.25) is 5.02 Å². The third-order valence-corrected chi connectivity index (χ3v) is 7.87. The second-order valence-electron chi connectivity index (χ2n) is 10.3. The summed E-state index contributed by atoms with van der Waals surface area (Å²) >= 11 is 6.52. The van der Waals surface area contributed by atoms with E-state index in [1.807, 2.05) is 54.0 Å². The van der Waals surface area contributed by atoms with Gasteiger partial charge in [-0.2, -0.15) is 0 Å². The lowest BCUT2D eigenvalue weighted by atomic mass is 10.1. The van der Waals surface area contributed by atoms with Crippen LogP contribution in [0.25, 0.3) is 17.1 Å². The fraction of sp³-hybridized carbons (Fsp3) is 0.312. The van der Waals surface area contributed by atoms with Crippen LogP contribution in [0.4, 0.5) is 5.69 Å². The second-order valence-corrected chi connectivity index (χ2v) is 10.7. The standard InChI is InChI=1S/C32H36ClN5O/c1-23-9-6-11-26(21-23)31-35-28(22-38(31)30-13-5-4-12-27(30)33)32(39)34-15-8-16-36-17-19-37(20-18-36)29-14-7-10-24(2)25(29)3/h4-7,9-14,21-22H,8,15-20H2,1-3H3,(H,34,39). The molecule has 1 saturated heterocycles. The first-order valence-corrected chi connectivity index (χ1v) is 14.0. The molecule has 5 rings (SSSR count). The molecule has 0 aliphatic carbocycles. The first-order chi connectivity index (χ1) is 18.9. The summed E-state index contributed by atoms with van der Waals surface area (Å²) in [5.74, 6) is 0.521. The largest absolute Gasteiger partial charge is 0.369 e. The van der Waals surface area contributed by atoms with Crippen molar-refractivity contribution in [1.29, 1.82) is 0 Å². The minimum atomic E-state index is -0.172. The zero-order valence-electron chi connectivity index (χ0n) is 23.0. The number of anilines is 1. The topological polar surface area (TPSA) is 53.4 Å². The molecule has 1 amide bonds. The van der Waals surface area contributed by atoms with Crippen LogP contribution in [0.3, 0.4) is 0 Å². The molecule has 0 radical (unpaired) electrons. The van der Waals surface area contributed by atoms with Crippen LogP contribution >= 0.6 is 11.6 Å². The van der Waals surface area contributed by atoms with Crippen molar-refractivity contribution in [2.45, 2.75) is 27.2 Å². The van der Waals surface area contributed by atoms with Crippen LogP contribution in [0.1, 0.15) is 33.6 Å². The maximum absolute atomic E-state index is 13.1. The van der Waals surface area contributed by atoms with Crippen molar-refractivity contribution in [3.63, 3.8) is 0 Å². The van der Waals surface area contributed by atoms with E-state index >= 15 is 0 Å². The summed E-state index contributed by atoms with van der Waals surface area (Å²) < 4.78 is 1.90. The summed E-state index contributed by atoms with van der Waals surface area (Å²) in [6, 6.07) is 22.3. The zero-order valence-corrected chi connectivity index (χ0v) is 23.7. The molecule has 4 aromatic rings. The third kappa shape index (κ3) is 6.18. The molecule has 1 aliphatic rings. The predicted octanol–water partition coefficient (Wildman–Crippen LogP) is 6.06. The summed E-state index contributed by atoms with van der Waals surface area (Å²) in [7, 11) is 0. The average molecular weight is 542 g/mol. The highest BCUT2D eigenvalue weighted by atomic mass is 35.5. The Hall–Kier alpha value is -3.61. The van der Waals surface area contributed by atoms with E-state index in [0.29, 0.717) is 23.1 Å². The molecule has 3 aromatic carbocycles. The number of rotatable bonds is 8. The Labute approximate surface area is 236 Å². The Morgan fingerprint density at radius 3 is 2.44 bits per heavy atom. The molecular formula is C32H36ClN5O. The number of aromatic nitrogens is 2. The highest BCUT2D eigenvalue weighted by Crippen LogP contribution is 2.28. The number of imidazole rings is 1. The van der Waals surface area contributed by atoms with E-state index in [0.717, 1.165) is 56.0 Å². The van der Waals surface area contributed by atoms with Gasteiger partial charge in [0.25, 0.3) is 5.91 Å². The molecule has 0 saturated carbocycles. The van der Waals surface area contributed by atoms with Gasteiger partial charge in [0.1, 0.15) is 11.5 Å². The number of para-hydroxylation sites is 1. The Balaban J connectivity index is 1.18. The maximum Gasteiger partial charge on any atom is 0.271 e. The number of aryl methyl sites for hydroxylation is 2. The highest BCUT2D eigenvalue weighted by molar-refractivity contribution is 6.32. The van der Waals surface area contributed by atoms with Gasteiger partial charge in [0.2, 0.25) is 0 Å². The Morgan fingerprint density at radius 2 is 1.67 bits per heavy atom. The normalized spacial score (nSPS) is 14.0. The first kappa shape index (κ1) is 27.0. The molecule has 202 valence electrons. The van der Waals surface area contributed by atoms with E-state index in [2.05, 4.69) is 53.2 Å². The Kier molecular flexibility index (Phi) is 8.34. The van der Waals surface area contributed by atoms with Crippen LogP contribution < -0.4 is 10.2 Å². The molecule has 0 unspecified atom stereocenters. The van der Waals surface area contributed by atoms with Gasteiger partial charge < -0.3 is 10.2 Å². The van der Waals surface area contributed by atoms with Crippen molar-refractivity contribution in [2.24, 2.45) is 0 Å². The lowest BCUT2D eigenvalue weighted by Crippen LogP contribution is -2.47. The van der Waals surface area contributed by atoms with Gasteiger partial charge in [0.05, 0.1) is 10.7 Å². The molecule has 0 spiro atoms. The highest BCUT2D eigenvalue weighted by Gasteiger charge is 2.20. The van der Waals surface area contributed by atoms with Crippen molar-refractivity contribution in [2.75, 3.05) is 44.2 Å². The number of carbonyl (C=O) groups is 1. The van der Waals surface area contributed by atoms with Crippen LogP contribution in [0, 0.1) is 20.8 Å². The fourth-order valence-electron chi connectivity index (χ4n) is 5.19. The number of benzene rings is 3. The van der Waals surface area contributed by atoms with Crippen molar-refractivity contribution in [3.05, 3.63) is 100 Å². The Bertz CT molecular complexity index is 1450. The number of carbonyl (C=O) groups excluding carboxylic acids is 1. The summed E-state index contributed by atoms with van der Waals surface area (Å²) in [4.78, 5) is 22.8. The summed E-state index contributed by atoms with van der Waals surface area (Å²) in [6.45, 7) is 12.1. The van der Waals surface area contributed by atoms with Crippen molar-refractivity contribution >= 4 is 23.2 Å². The molecule has 1 aromatic heterocycles. The maximum atomic E-state index is 13.1. The predicted molar refractivity (Wildman–Crippen MR) is 160 cm³/mol. The van der Waals surface area contributed by atoms with Crippen LogP contribution in [0.15, 0.2) is 72.9 Å². The van der Waals surface area contributed by atoms with E-state index in [9.17, 15) is 4.79 Å². The van der Waals surface area contributed by atoms with Crippen LogP contribution in [-0.4, -0.2) is 59.6 Å². The van der Waals surface area contributed by atoms with Crippen molar-refractivity contribution in [3.8, 4) is 17.1 Å². The number of hydrogen-bond acceptors (Lipinski definition) is 4. The molecule has 0 atom stereocenters. The van der Waals surface area contributed by atoms with E-state index in [1.165, 1.54) is 16.8 Å². The lowest BCUT2D eigenvalue weighted by Gasteiger charge is -2.37. The summed E-state index contributed by atoms with van der Waals surface area (Å²) in [5, 5.41) is 3.68. The average Bonchev–Trinajstić information content (AvgIpc) is 3.39. The number of nitrogens with one attached hydrogen (secondary N) is 1. The minimum absolute atomic E-state index is 0.172. The van der Waals surface area contributed by atoms with Crippen molar-refractivity contribution < 1.29 is 4.79 Å². The zero-order chi connectivity index (χ0) is 27.4. The Morgan fingerprint density at radius 1 is 0.923 bits per heavy atom. The molecule has 1 fully saturated rings. The molecule has 1 N–H and O–H groups in total. The van der Waals surface area contributed by atoms with E-state index < -0.39 is 0 Å². The van der Waals surface area contributed by atoms with E-state index in [4.69, 9.17) is 16.6 Å². The van der Waals surface area contributed by atoms with Gasteiger partial charge >= 0.3 is 0 Å². The van der Waals surface area contributed by atoms with Gasteiger partial charge in [0.15, 0.2) is 0 Å². The van der Waals surface area contributed by atoms with Gasteiger partial charge in [-0.05, 0) is 69.1 Å². The molecular weight excluding hydrogens is 506 g/mol. The van der Waals surface area contributed by atoms with E-state index in [-0.39, 0.29) is 5.91 Å². The smallest absolute Gasteiger partial charge is 0.271 e. The summed E-state index contributed by atoms with van der Waals surface area (Å²) in [5.41, 5.74) is 7.31. The fourth-order valence-corrected chi connectivity index (χ4v) is 5.42. The lowest BCUT2D eigenvalue weighted by molar-refractivity contribution is 0.0947. The molecule has 6 nitrogen and oxygen atoms in total. The minimum Gasteiger partial charge on any atom is -0.369 e. The third-order valence-electron chi connectivity index (χ3n) is 7.55. The summed E-state index contributed by atoms with van der Waals surface area (Å²) in [6.07, 6.45) is 2.67. The van der Waals surface area contributed by atoms with Crippen LogP contribution in [0.5, 0.6) is 0 Å². The monoisotopic (exact) mass is 541 g/mol. The van der Waals surface area contributed by atoms with Gasteiger partial charge in [0, 0.05) is 50.2 Å². The quantitative estimate of drug-likeness (QED) is 0.275. The van der Waals surface area contributed by atoms with Gasteiger partial charge in [-0.1, -0.05) is 59.6 Å². The van der Waals surface area contributed by atoms with Crippen molar-refractivity contribution in [1.82, 2.24) is 19.8 Å². The number of hydrogen-bond donors (Lipinski definition) is 1. The number of amides is 1. The van der Waals surface area contributed by atoms with Gasteiger partial charge in [-0.25, -0.2) is 4.98 Å².